The molecule has 0 heterocycles. The summed E-state index contributed by atoms with van der Waals surface area (Å²) in [5.74, 6) is -0.792. The van der Waals surface area contributed by atoms with Crippen LogP contribution in [0.5, 0.6) is 0 Å². The maximum Gasteiger partial charge on any atom is 0.323 e. The molecule has 76 valence electrons. The molecule has 0 aromatic rings. The molecular formula is C10H19NO2. The van der Waals surface area contributed by atoms with Gasteiger partial charge in [-0.1, -0.05) is 26.0 Å². The van der Waals surface area contributed by atoms with Gasteiger partial charge in [-0.3, -0.25) is 10.1 Å². The van der Waals surface area contributed by atoms with Crippen molar-refractivity contribution in [1.82, 2.24) is 5.32 Å². The topological polar surface area (TPSA) is 49.3 Å². The number of nitrogens with one attached hydrogen (secondary N) is 1. The zero-order chi connectivity index (χ0) is 10.3. The molecule has 0 spiro atoms. The van der Waals surface area contributed by atoms with Gasteiger partial charge in [-0.2, -0.15) is 0 Å². The minimum Gasteiger partial charge on any atom is -0.480 e. The van der Waals surface area contributed by atoms with Crippen molar-refractivity contribution in [1.29, 1.82) is 0 Å². The minimum absolute atomic E-state index is 0.586. The lowest BCUT2D eigenvalue weighted by atomic mass is 9.99. The summed E-state index contributed by atoms with van der Waals surface area (Å²) < 4.78 is 0. The highest BCUT2D eigenvalue weighted by atomic mass is 16.4. The Kier molecular flexibility index (Phi) is 5.39. The number of rotatable bonds is 6. The third-order valence-corrected chi connectivity index (χ3v) is 2.19. The molecule has 0 saturated carbocycles. The van der Waals surface area contributed by atoms with Gasteiger partial charge in [0.25, 0.3) is 0 Å². The van der Waals surface area contributed by atoms with Crippen molar-refractivity contribution >= 4 is 5.97 Å². The molecule has 13 heavy (non-hydrogen) atoms. The predicted molar refractivity (Wildman–Crippen MR) is 53.8 cm³/mol. The van der Waals surface area contributed by atoms with Crippen LogP contribution >= 0.6 is 0 Å². The van der Waals surface area contributed by atoms with Crippen molar-refractivity contribution in [3.8, 4) is 0 Å². The van der Waals surface area contributed by atoms with Crippen LogP contribution in [0.25, 0.3) is 0 Å². The Labute approximate surface area is 79.8 Å². The first-order valence-corrected chi connectivity index (χ1v) is 4.70. The number of carboxylic acids is 1. The van der Waals surface area contributed by atoms with Crippen molar-refractivity contribution in [3.05, 3.63) is 12.2 Å². The molecule has 0 saturated heterocycles. The SMILES string of the molecule is CCC=CCNC(C)(CC)C(=O)O. The summed E-state index contributed by atoms with van der Waals surface area (Å²) in [6.07, 6.45) is 5.54. The summed E-state index contributed by atoms with van der Waals surface area (Å²) in [6, 6.07) is 0. The van der Waals surface area contributed by atoms with E-state index in [1.807, 2.05) is 26.0 Å². The maximum atomic E-state index is 10.8. The first-order chi connectivity index (χ1) is 6.06. The van der Waals surface area contributed by atoms with Gasteiger partial charge in [0.2, 0.25) is 0 Å². The lowest BCUT2D eigenvalue weighted by Gasteiger charge is -2.23. The smallest absolute Gasteiger partial charge is 0.323 e. The highest BCUT2D eigenvalue weighted by molar-refractivity contribution is 5.78. The number of allylic oxidation sites excluding steroid dienone is 1. The van der Waals surface area contributed by atoms with Gasteiger partial charge < -0.3 is 5.11 Å². The predicted octanol–water partition coefficient (Wildman–Crippen LogP) is 1.80. The molecule has 0 aliphatic rings. The summed E-state index contributed by atoms with van der Waals surface area (Å²) in [5, 5.41) is 11.9. The first kappa shape index (κ1) is 12.2. The van der Waals surface area contributed by atoms with Gasteiger partial charge in [-0.15, -0.1) is 0 Å². The van der Waals surface area contributed by atoms with E-state index in [9.17, 15) is 4.79 Å². The van der Waals surface area contributed by atoms with Gasteiger partial charge in [-0.05, 0) is 19.8 Å². The van der Waals surface area contributed by atoms with Gasteiger partial charge >= 0.3 is 5.97 Å². The molecule has 1 unspecified atom stereocenters. The lowest BCUT2D eigenvalue weighted by Crippen LogP contribution is -2.48. The number of hydrogen-bond acceptors (Lipinski definition) is 2. The van der Waals surface area contributed by atoms with Crippen LogP contribution in [0.2, 0.25) is 0 Å². The van der Waals surface area contributed by atoms with E-state index in [1.54, 1.807) is 6.92 Å². The fourth-order valence-electron chi connectivity index (χ4n) is 0.886. The molecule has 0 amide bonds. The van der Waals surface area contributed by atoms with E-state index in [0.717, 1.165) is 6.42 Å². The van der Waals surface area contributed by atoms with E-state index < -0.39 is 11.5 Å². The fourth-order valence-corrected chi connectivity index (χ4v) is 0.886. The van der Waals surface area contributed by atoms with E-state index in [0.29, 0.717) is 13.0 Å². The van der Waals surface area contributed by atoms with Crippen LogP contribution in [-0.4, -0.2) is 23.2 Å². The number of carboxylic acid groups (broad SMARTS) is 1. The van der Waals surface area contributed by atoms with Gasteiger partial charge in [0.05, 0.1) is 0 Å². The molecule has 0 aromatic heterocycles. The van der Waals surface area contributed by atoms with Crippen LogP contribution in [0.1, 0.15) is 33.6 Å². The van der Waals surface area contributed by atoms with Crippen LogP contribution < -0.4 is 5.32 Å². The summed E-state index contributed by atoms with van der Waals surface area (Å²) in [7, 11) is 0. The lowest BCUT2D eigenvalue weighted by molar-refractivity contribution is -0.144. The number of aliphatic carboxylic acids is 1. The zero-order valence-corrected chi connectivity index (χ0v) is 8.63. The average molecular weight is 185 g/mol. The molecule has 0 rings (SSSR count). The van der Waals surface area contributed by atoms with Crippen LogP contribution in [0.4, 0.5) is 0 Å². The molecule has 0 aliphatic heterocycles. The third-order valence-electron chi connectivity index (χ3n) is 2.19. The fraction of sp³-hybridized carbons (Fsp3) is 0.700. The quantitative estimate of drug-likeness (QED) is 0.620. The normalized spacial score (nSPS) is 15.9. The monoisotopic (exact) mass is 185 g/mol. The Morgan fingerprint density at radius 3 is 2.46 bits per heavy atom. The minimum atomic E-state index is -0.794. The van der Waals surface area contributed by atoms with Crippen LogP contribution in [0.3, 0.4) is 0 Å². The van der Waals surface area contributed by atoms with Crippen molar-refractivity contribution in [2.45, 2.75) is 39.2 Å². The largest absolute Gasteiger partial charge is 0.480 e. The number of carbonyl (C=O) groups is 1. The summed E-state index contributed by atoms with van der Waals surface area (Å²) in [5.41, 5.74) is -0.794. The molecule has 0 fully saturated rings. The Morgan fingerprint density at radius 1 is 1.46 bits per heavy atom. The Morgan fingerprint density at radius 2 is 2.08 bits per heavy atom. The molecule has 3 heteroatoms. The zero-order valence-electron chi connectivity index (χ0n) is 8.63. The van der Waals surface area contributed by atoms with Crippen LogP contribution in [-0.2, 0) is 4.79 Å². The van der Waals surface area contributed by atoms with Crippen molar-refractivity contribution < 1.29 is 9.90 Å². The first-order valence-electron chi connectivity index (χ1n) is 4.70. The highest BCUT2D eigenvalue weighted by Gasteiger charge is 2.29. The highest BCUT2D eigenvalue weighted by Crippen LogP contribution is 2.08. The van der Waals surface area contributed by atoms with Gasteiger partial charge in [0.15, 0.2) is 0 Å². The molecule has 3 nitrogen and oxygen atoms in total. The Balaban J connectivity index is 3.98. The van der Waals surface area contributed by atoms with E-state index >= 15 is 0 Å². The molecule has 0 aromatic carbocycles. The summed E-state index contributed by atoms with van der Waals surface area (Å²) in [6.45, 7) is 6.23. The second kappa shape index (κ2) is 5.75. The molecule has 0 bridgehead atoms. The van der Waals surface area contributed by atoms with Crippen molar-refractivity contribution in [2.75, 3.05) is 6.54 Å². The summed E-state index contributed by atoms with van der Waals surface area (Å²) in [4.78, 5) is 10.8. The molecule has 2 N–H and O–H groups in total. The molecular weight excluding hydrogens is 166 g/mol. The standard InChI is InChI=1S/C10H19NO2/c1-4-6-7-8-11-10(3,5-2)9(12)13/h6-7,11H,4-5,8H2,1-3H3,(H,12,13). The second-order valence-corrected chi connectivity index (χ2v) is 3.25. The molecule has 1 atom stereocenters. The Hall–Kier alpha value is -0.830. The van der Waals surface area contributed by atoms with Crippen molar-refractivity contribution in [2.24, 2.45) is 0 Å². The van der Waals surface area contributed by atoms with Crippen LogP contribution in [0.15, 0.2) is 12.2 Å². The second-order valence-electron chi connectivity index (χ2n) is 3.25. The van der Waals surface area contributed by atoms with Gasteiger partial charge in [-0.25, -0.2) is 0 Å². The van der Waals surface area contributed by atoms with Gasteiger partial charge in [0.1, 0.15) is 5.54 Å². The average Bonchev–Trinajstić information content (AvgIpc) is 2.12. The van der Waals surface area contributed by atoms with E-state index in [2.05, 4.69) is 5.32 Å². The molecule has 0 radical (unpaired) electrons. The maximum absolute atomic E-state index is 10.8. The van der Waals surface area contributed by atoms with E-state index in [1.165, 1.54) is 0 Å². The van der Waals surface area contributed by atoms with Gasteiger partial charge in [0, 0.05) is 6.54 Å². The van der Waals surface area contributed by atoms with Crippen molar-refractivity contribution in [3.63, 3.8) is 0 Å². The number of hydrogen-bond donors (Lipinski definition) is 2. The van der Waals surface area contributed by atoms with E-state index in [-0.39, 0.29) is 0 Å². The third kappa shape index (κ3) is 4.08. The van der Waals surface area contributed by atoms with E-state index in [4.69, 9.17) is 5.11 Å². The summed E-state index contributed by atoms with van der Waals surface area (Å²) >= 11 is 0. The van der Waals surface area contributed by atoms with Crippen LogP contribution in [0, 0.1) is 0 Å². The Bertz CT molecular complexity index is 189. The molecule has 0 aliphatic carbocycles.